The Hall–Kier alpha value is -3.46. The standard InChI is InChI=1S/C22H18F2N2O2/c1-3-6-15-7-4-9-17(11-15)27-21-19(23)14(2)20(24)22(26-21)28-18-10-5-8-16(12-18)13-25/h4-5,7-12H,3,6H2,1-2H3. The third-order valence-corrected chi connectivity index (χ3v) is 4.07. The van der Waals surface area contributed by atoms with Gasteiger partial charge in [-0.2, -0.15) is 10.2 Å². The average Bonchev–Trinajstić information content (AvgIpc) is 2.70. The number of rotatable bonds is 6. The summed E-state index contributed by atoms with van der Waals surface area (Å²) in [7, 11) is 0. The lowest BCUT2D eigenvalue weighted by Gasteiger charge is -2.13. The van der Waals surface area contributed by atoms with Crippen molar-refractivity contribution >= 4 is 0 Å². The van der Waals surface area contributed by atoms with Crippen molar-refractivity contribution in [2.45, 2.75) is 26.7 Å². The zero-order valence-electron chi connectivity index (χ0n) is 15.5. The summed E-state index contributed by atoms with van der Waals surface area (Å²) in [6.07, 6.45) is 1.82. The molecule has 3 aromatic rings. The molecule has 0 atom stereocenters. The van der Waals surface area contributed by atoms with Gasteiger partial charge in [0.2, 0.25) is 0 Å². The Kier molecular flexibility index (Phi) is 5.85. The fourth-order valence-corrected chi connectivity index (χ4v) is 2.65. The molecule has 0 bridgehead atoms. The highest BCUT2D eigenvalue weighted by atomic mass is 19.1. The maximum absolute atomic E-state index is 14.5. The largest absolute Gasteiger partial charge is 0.436 e. The van der Waals surface area contributed by atoms with E-state index in [-0.39, 0.29) is 17.2 Å². The van der Waals surface area contributed by atoms with Crippen molar-refractivity contribution in [3.8, 4) is 29.3 Å². The summed E-state index contributed by atoms with van der Waals surface area (Å²) in [5.74, 6) is -2.00. The molecular formula is C22H18F2N2O2. The highest BCUT2D eigenvalue weighted by Gasteiger charge is 2.21. The highest BCUT2D eigenvalue weighted by molar-refractivity contribution is 5.41. The van der Waals surface area contributed by atoms with Crippen LogP contribution >= 0.6 is 0 Å². The van der Waals surface area contributed by atoms with Crippen LogP contribution in [0.2, 0.25) is 0 Å². The molecule has 28 heavy (non-hydrogen) atoms. The van der Waals surface area contributed by atoms with Crippen molar-refractivity contribution in [3.63, 3.8) is 0 Å². The quantitative estimate of drug-likeness (QED) is 0.520. The number of pyridine rings is 1. The molecule has 0 aliphatic heterocycles. The highest BCUT2D eigenvalue weighted by Crippen LogP contribution is 2.33. The molecule has 0 unspecified atom stereocenters. The first-order valence-electron chi connectivity index (χ1n) is 8.82. The topological polar surface area (TPSA) is 55.1 Å². The normalized spacial score (nSPS) is 10.4. The van der Waals surface area contributed by atoms with Gasteiger partial charge in [-0.25, -0.2) is 8.78 Å². The lowest BCUT2D eigenvalue weighted by molar-refractivity contribution is 0.372. The van der Waals surface area contributed by atoms with E-state index in [0.29, 0.717) is 11.3 Å². The number of halogens is 2. The molecule has 142 valence electrons. The van der Waals surface area contributed by atoms with Crippen molar-refractivity contribution in [3.05, 3.63) is 76.9 Å². The van der Waals surface area contributed by atoms with E-state index in [2.05, 4.69) is 11.9 Å². The second kappa shape index (κ2) is 8.49. The lowest BCUT2D eigenvalue weighted by atomic mass is 10.1. The van der Waals surface area contributed by atoms with Crippen LogP contribution in [0, 0.1) is 29.9 Å². The van der Waals surface area contributed by atoms with Crippen LogP contribution in [0.1, 0.15) is 30.0 Å². The molecule has 2 aromatic carbocycles. The molecule has 1 aromatic heterocycles. The van der Waals surface area contributed by atoms with Crippen molar-refractivity contribution in [1.29, 1.82) is 5.26 Å². The molecule has 0 spiro atoms. The minimum Gasteiger partial charge on any atom is -0.436 e. The second-order valence-electron chi connectivity index (χ2n) is 6.22. The summed E-state index contributed by atoms with van der Waals surface area (Å²) in [5.41, 5.74) is 1.13. The van der Waals surface area contributed by atoms with E-state index in [0.717, 1.165) is 18.4 Å². The third kappa shape index (κ3) is 4.26. The minimum atomic E-state index is -0.924. The van der Waals surface area contributed by atoms with Gasteiger partial charge in [0.1, 0.15) is 11.5 Å². The number of nitriles is 1. The maximum atomic E-state index is 14.5. The van der Waals surface area contributed by atoms with Crippen LogP contribution in [-0.2, 0) is 6.42 Å². The van der Waals surface area contributed by atoms with E-state index in [1.54, 1.807) is 36.4 Å². The molecular weight excluding hydrogens is 362 g/mol. The summed E-state index contributed by atoms with van der Waals surface area (Å²) in [4.78, 5) is 3.88. The van der Waals surface area contributed by atoms with Crippen LogP contribution in [0.5, 0.6) is 23.3 Å². The molecule has 0 aliphatic rings. The molecule has 0 radical (unpaired) electrons. The van der Waals surface area contributed by atoms with Crippen LogP contribution in [0.3, 0.4) is 0 Å². The minimum absolute atomic E-state index is 0.215. The van der Waals surface area contributed by atoms with E-state index in [4.69, 9.17) is 14.7 Å². The Bertz CT molecular complexity index is 1050. The molecule has 0 N–H and O–H groups in total. The number of aryl methyl sites for hydroxylation is 1. The van der Waals surface area contributed by atoms with Gasteiger partial charge in [-0.1, -0.05) is 31.5 Å². The second-order valence-corrected chi connectivity index (χ2v) is 6.22. The van der Waals surface area contributed by atoms with Crippen LogP contribution in [0.15, 0.2) is 48.5 Å². The average molecular weight is 380 g/mol. The summed E-state index contributed by atoms with van der Waals surface area (Å²) in [5, 5.41) is 8.97. The summed E-state index contributed by atoms with van der Waals surface area (Å²) < 4.78 is 40.0. The van der Waals surface area contributed by atoms with Crippen LogP contribution in [0.25, 0.3) is 0 Å². The zero-order chi connectivity index (χ0) is 20.1. The van der Waals surface area contributed by atoms with Crippen LogP contribution in [-0.4, -0.2) is 4.98 Å². The monoisotopic (exact) mass is 380 g/mol. The van der Waals surface area contributed by atoms with E-state index in [1.807, 2.05) is 12.1 Å². The molecule has 1 heterocycles. The first-order chi connectivity index (χ1) is 13.5. The van der Waals surface area contributed by atoms with Crippen molar-refractivity contribution in [1.82, 2.24) is 4.98 Å². The van der Waals surface area contributed by atoms with Gasteiger partial charge < -0.3 is 9.47 Å². The summed E-state index contributed by atoms with van der Waals surface area (Å²) in [6.45, 7) is 3.34. The number of benzene rings is 2. The molecule has 4 nitrogen and oxygen atoms in total. The number of hydrogen-bond acceptors (Lipinski definition) is 4. The first kappa shape index (κ1) is 19.3. The van der Waals surface area contributed by atoms with Crippen molar-refractivity contribution < 1.29 is 18.3 Å². The van der Waals surface area contributed by atoms with Gasteiger partial charge in [-0.15, -0.1) is 0 Å². The van der Waals surface area contributed by atoms with Gasteiger partial charge in [0.15, 0.2) is 11.6 Å². The SMILES string of the molecule is CCCc1cccc(Oc2nc(Oc3cccc(C#N)c3)c(F)c(C)c2F)c1. The predicted octanol–water partition coefficient (Wildman–Crippen LogP) is 6.08. The molecule has 3 rings (SSSR count). The van der Waals surface area contributed by atoms with Gasteiger partial charge >= 0.3 is 0 Å². The first-order valence-corrected chi connectivity index (χ1v) is 8.82. The van der Waals surface area contributed by atoms with Crippen molar-refractivity contribution in [2.75, 3.05) is 0 Å². The number of hydrogen-bond donors (Lipinski definition) is 0. The fraction of sp³-hybridized carbons (Fsp3) is 0.182. The number of ether oxygens (including phenoxy) is 2. The molecule has 0 saturated carbocycles. The van der Waals surface area contributed by atoms with E-state index in [9.17, 15) is 8.78 Å². The molecule has 6 heteroatoms. The zero-order valence-corrected chi connectivity index (χ0v) is 15.5. The van der Waals surface area contributed by atoms with E-state index < -0.39 is 17.5 Å². The van der Waals surface area contributed by atoms with Gasteiger partial charge in [0.25, 0.3) is 11.8 Å². The number of nitrogens with zero attached hydrogens (tertiary/aromatic N) is 2. The van der Waals surface area contributed by atoms with Crippen LogP contribution < -0.4 is 9.47 Å². The predicted molar refractivity (Wildman–Crippen MR) is 101 cm³/mol. The molecule has 0 saturated heterocycles. The number of aromatic nitrogens is 1. The van der Waals surface area contributed by atoms with Gasteiger partial charge in [-0.05, 0) is 49.2 Å². The smallest absolute Gasteiger partial charge is 0.259 e. The molecule has 0 amide bonds. The Morgan fingerprint density at radius 3 is 2.18 bits per heavy atom. The van der Waals surface area contributed by atoms with Gasteiger partial charge in [-0.3, -0.25) is 0 Å². The lowest BCUT2D eigenvalue weighted by Crippen LogP contribution is -2.02. The maximum Gasteiger partial charge on any atom is 0.259 e. The van der Waals surface area contributed by atoms with Gasteiger partial charge in [0.05, 0.1) is 11.6 Å². The Labute approximate surface area is 162 Å². The summed E-state index contributed by atoms with van der Waals surface area (Å²) in [6, 6.07) is 15.4. The van der Waals surface area contributed by atoms with Crippen LogP contribution in [0.4, 0.5) is 8.78 Å². The Balaban J connectivity index is 1.94. The third-order valence-electron chi connectivity index (χ3n) is 4.07. The molecule has 0 fully saturated rings. The molecule has 0 aliphatic carbocycles. The van der Waals surface area contributed by atoms with Crippen molar-refractivity contribution in [2.24, 2.45) is 0 Å². The van der Waals surface area contributed by atoms with E-state index in [1.165, 1.54) is 13.0 Å². The summed E-state index contributed by atoms with van der Waals surface area (Å²) >= 11 is 0. The Morgan fingerprint density at radius 2 is 1.57 bits per heavy atom. The van der Waals surface area contributed by atoms with E-state index >= 15 is 0 Å². The van der Waals surface area contributed by atoms with Gasteiger partial charge in [0, 0.05) is 5.56 Å². The Morgan fingerprint density at radius 1 is 0.964 bits per heavy atom. The fourth-order valence-electron chi connectivity index (χ4n) is 2.65.